The first-order chi connectivity index (χ1) is 12.6. The van der Waals surface area contributed by atoms with E-state index in [1.165, 1.54) is 0 Å². The van der Waals surface area contributed by atoms with Gasteiger partial charge in [-0.25, -0.2) is 4.98 Å². The molecule has 0 fully saturated rings. The predicted octanol–water partition coefficient (Wildman–Crippen LogP) is 5.64. The Morgan fingerprint density at radius 3 is 2.38 bits per heavy atom. The molecule has 0 spiro atoms. The zero-order valence-electron chi connectivity index (χ0n) is 13.5. The van der Waals surface area contributed by atoms with Gasteiger partial charge in [-0.05, 0) is 30.3 Å². The number of hydrogen-bond acceptors (Lipinski definition) is 3. The lowest BCUT2D eigenvalue weighted by atomic mass is 10.1. The molecule has 2 heterocycles. The number of benzene rings is 2. The average molecular weight is 382 g/mol. The summed E-state index contributed by atoms with van der Waals surface area (Å²) in [5, 5.41) is 4.85. The molecule has 0 unspecified atom stereocenters. The maximum Gasteiger partial charge on any atom is 0.256 e. The average Bonchev–Trinajstić information content (AvgIpc) is 2.63. The number of fused-ring (bicyclic) bond motifs is 1. The molecule has 0 aliphatic heterocycles. The third kappa shape index (κ3) is 3.17. The van der Waals surface area contributed by atoms with Crippen LogP contribution in [-0.2, 0) is 0 Å². The highest BCUT2D eigenvalue weighted by Crippen LogP contribution is 2.33. The van der Waals surface area contributed by atoms with E-state index in [4.69, 9.17) is 23.2 Å². The fraction of sp³-hybridized carbons (Fsp3) is 0. The maximum atomic E-state index is 12.6. The van der Waals surface area contributed by atoms with E-state index >= 15 is 0 Å². The summed E-state index contributed by atoms with van der Waals surface area (Å²) < 4.78 is 0. The fourth-order valence-electron chi connectivity index (χ4n) is 2.78. The lowest BCUT2D eigenvalue weighted by Gasteiger charge is -2.09. The molecule has 4 rings (SSSR count). The Bertz CT molecular complexity index is 1140. The molecule has 0 radical (unpaired) electrons. The van der Waals surface area contributed by atoms with Gasteiger partial charge in [0.15, 0.2) is 0 Å². The Labute approximate surface area is 159 Å². The van der Waals surface area contributed by atoms with E-state index in [9.17, 15) is 4.79 Å². The molecule has 0 bridgehead atoms. The lowest BCUT2D eigenvalue weighted by molar-refractivity contribution is 1.27. The highest BCUT2D eigenvalue weighted by atomic mass is 35.5. The van der Waals surface area contributed by atoms with Crippen LogP contribution < -0.4 is 10.9 Å². The molecular weight excluding hydrogens is 369 g/mol. The number of rotatable bonds is 3. The molecule has 4 aromatic rings. The number of nitrogens with one attached hydrogen (secondary N) is 2. The first kappa shape index (κ1) is 16.6. The second kappa shape index (κ2) is 6.83. The van der Waals surface area contributed by atoms with Gasteiger partial charge in [0.1, 0.15) is 5.82 Å². The van der Waals surface area contributed by atoms with Crippen LogP contribution in [0.25, 0.3) is 22.0 Å². The van der Waals surface area contributed by atoms with E-state index < -0.39 is 0 Å². The summed E-state index contributed by atoms with van der Waals surface area (Å²) in [6, 6.07) is 18.4. The summed E-state index contributed by atoms with van der Waals surface area (Å²) in [6.07, 6.45) is 1.70. The van der Waals surface area contributed by atoms with E-state index in [1.807, 2.05) is 30.3 Å². The van der Waals surface area contributed by atoms with Crippen LogP contribution in [0.5, 0.6) is 0 Å². The Hall–Kier alpha value is -2.82. The third-order valence-corrected chi connectivity index (χ3v) is 4.64. The summed E-state index contributed by atoms with van der Waals surface area (Å²) in [5.74, 6) is 0.642. The highest BCUT2D eigenvalue weighted by Gasteiger charge is 2.13. The van der Waals surface area contributed by atoms with Crippen molar-refractivity contribution in [2.24, 2.45) is 0 Å². The second-order valence-electron chi connectivity index (χ2n) is 5.76. The standard InChI is InChI=1S/C20H13Cl2N3O/c21-15-7-4-8-16(22)19(15)14-9-12-11-23-18(10-17(12)25-20(14)26)24-13-5-2-1-3-6-13/h1-11H,(H,23,24)(H,25,26). The molecule has 0 amide bonds. The van der Waals surface area contributed by atoms with Crippen molar-refractivity contribution in [3.8, 4) is 11.1 Å². The normalized spacial score (nSPS) is 10.8. The topological polar surface area (TPSA) is 57.8 Å². The number of hydrogen-bond donors (Lipinski definition) is 2. The van der Waals surface area contributed by atoms with Gasteiger partial charge in [0.25, 0.3) is 5.56 Å². The maximum absolute atomic E-state index is 12.6. The van der Waals surface area contributed by atoms with Gasteiger partial charge in [0.05, 0.1) is 21.1 Å². The van der Waals surface area contributed by atoms with Gasteiger partial charge < -0.3 is 10.3 Å². The Kier molecular flexibility index (Phi) is 4.37. The van der Waals surface area contributed by atoms with E-state index in [0.29, 0.717) is 32.5 Å². The minimum absolute atomic E-state index is 0.260. The summed E-state index contributed by atoms with van der Waals surface area (Å²) in [7, 11) is 0. The van der Waals surface area contributed by atoms with Crippen molar-refractivity contribution in [2.75, 3.05) is 5.32 Å². The third-order valence-electron chi connectivity index (χ3n) is 4.01. The molecule has 26 heavy (non-hydrogen) atoms. The van der Waals surface area contributed by atoms with Crippen molar-refractivity contribution in [3.63, 3.8) is 0 Å². The van der Waals surface area contributed by atoms with Crippen LogP contribution in [-0.4, -0.2) is 9.97 Å². The van der Waals surface area contributed by atoms with Crippen molar-refractivity contribution in [1.82, 2.24) is 9.97 Å². The van der Waals surface area contributed by atoms with E-state index in [1.54, 1.807) is 36.5 Å². The summed E-state index contributed by atoms with van der Waals surface area (Å²) in [5.41, 5.74) is 2.27. The van der Waals surface area contributed by atoms with Crippen molar-refractivity contribution >= 4 is 45.6 Å². The van der Waals surface area contributed by atoms with Crippen LogP contribution in [0.15, 0.2) is 71.7 Å². The smallest absolute Gasteiger partial charge is 0.256 e. The number of aromatic nitrogens is 2. The van der Waals surface area contributed by atoms with E-state index in [0.717, 1.165) is 11.1 Å². The number of anilines is 2. The Balaban J connectivity index is 1.79. The van der Waals surface area contributed by atoms with Gasteiger partial charge in [-0.15, -0.1) is 0 Å². The van der Waals surface area contributed by atoms with Gasteiger partial charge in [-0.3, -0.25) is 4.79 Å². The van der Waals surface area contributed by atoms with Crippen molar-refractivity contribution in [3.05, 3.63) is 87.3 Å². The minimum Gasteiger partial charge on any atom is -0.340 e. The molecule has 2 aromatic carbocycles. The van der Waals surface area contributed by atoms with Gasteiger partial charge in [-0.2, -0.15) is 0 Å². The molecule has 0 aliphatic carbocycles. The van der Waals surface area contributed by atoms with Crippen molar-refractivity contribution < 1.29 is 0 Å². The monoisotopic (exact) mass is 381 g/mol. The molecule has 4 nitrogen and oxygen atoms in total. The zero-order chi connectivity index (χ0) is 18.1. The summed E-state index contributed by atoms with van der Waals surface area (Å²) in [6.45, 7) is 0. The molecule has 0 saturated heterocycles. The van der Waals surface area contributed by atoms with Crippen LogP contribution in [0, 0.1) is 0 Å². The minimum atomic E-state index is -0.260. The second-order valence-corrected chi connectivity index (χ2v) is 6.57. The number of pyridine rings is 2. The molecular formula is C20H13Cl2N3O. The van der Waals surface area contributed by atoms with Gasteiger partial charge in [-0.1, -0.05) is 47.5 Å². The Morgan fingerprint density at radius 2 is 1.65 bits per heavy atom. The Morgan fingerprint density at radius 1 is 0.923 bits per heavy atom. The molecule has 0 saturated carbocycles. The SMILES string of the molecule is O=c1[nH]c2cc(Nc3ccccc3)ncc2cc1-c1c(Cl)cccc1Cl. The van der Waals surface area contributed by atoms with Crippen LogP contribution in [0.4, 0.5) is 11.5 Å². The number of halogens is 2. The predicted molar refractivity (Wildman–Crippen MR) is 108 cm³/mol. The van der Waals surface area contributed by atoms with Gasteiger partial charge in [0, 0.05) is 28.9 Å². The number of aromatic amines is 1. The van der Waals surface area contributed by atoms with E-state index in [-0.39, 0.29) is 5.56 Å². The quantitative estimate of drug-likeness (QED) is 0.482. The van der Waals surface area contributed by atoms with Crippen LogP contribution in [0.3, 0.4) is 0 Å². The molecule has 128 valence electrons. The van der Waals surface area contributed by atoms with Crippen LogP contribution in [0.2, 0.25) is 10.0 Å². The van der Waals surface area contributed by atoms with Crippen molar-refractivity contribution in [2.45, 2.75) is 0 Å². The fourth-order valence-corrected chi connectivity index (χ4v) is 3.38. The van der Waals surface area contributed by atoms with Crippen LogP contribution in [0.1, 0.15) is 0 Å². The molecule has 2 N–H and O–H groups in total. The van der Waals surface area contributed by atoms with Crippen molar-refractivity contribution in [1.29, 1.82) is 0 Å². The molecule has 0 aliphatic rings. The number of nitrogens with zero attached hydrogens (tertiary/aromatic N) is 1. The lowest BCUT2D eigenvalue weighted by Crippen LogP contribution is -2.09. The van der Waals surface area contributed by atoms with Crippen LogP contribution >= 0.6 is 23.2 Å². The van der Waals surface area contributed by atoms with E-state index in [2.05, 4.69) is 15.3 Å². The molecule has 2 aromatic heterocycles. The van der Waals surface area contributed by atoms with Gasteiger partial charge in [0.2, 0.25) is 0 Å². The first-order valence-corrected chi connectivity index (χ1v) is 8.67. The first-order valence-electron chi connectivity index (χ1n) is 7.91. The summed E-state index contributed by atoms with van der Waals surface area (Å²) in [4.78, 5) is 19.9. The largest absolute Gasteiger partial charge is 0.340 e. The number of para-hydroxylation sites is 1. The zero-order valence-corrected chi connectivity index (χ0v) is 15.0. The summed E-state index contributed by atoms with van der Waals surface area (Å²) >= 11 is 12.5. The van der Waals surface area contributed by atoms with Gasteiger partial charge >= 0.3 is 0 Å². The molecule has 6 heteroatoms. The number of H-pyrrole nitrogens is 1. The molecule has 0 atom stereocenters. The highest BCUT2D eigenvalue weighted by molar-refractivity contribution is 6.39.